The summed E-state index contributed by atoms with van der Waals surface area (Å²) in [6, 6.07) is 3.70. The molecule has 86 valence electrons. The number of nitrogens with zero attached hydrogens (tertiary/aromatic N) is 4. The van der Waals surface area contributed by atoms with Crippen LogP contribution in [0.5, 0.6) is 0 Å². The van der Waals surface area contributed by atoms with Gasteiger partial charge in [-0.25, -0.2) is 0 Å². The van der Waals surface area contributed by atoms with Crippen LogP contribution >= 0.6 is 0 Å². The van der Waals surface area contributed by atoms with E-state index in [1.807, 2.05) is 12.1 Å². The van der Waals surface area contributed by atoms with Crippen LogP contribution in [-0.2, 0) is 6.54 Å². The van der Waals surface area contributed by atoms with E-state index < -0.39 is 0 Å². The van der Waals surface area contributed by atoms with Crippen LogP contribution in [0.4, 0.5) is 0 Å². The molecule has 0 N–H and O–H groups in total. The first kappa shape index (κ1) is 12.1. The van der Waals surface area contributed by atoms with Crippen LogP contribution in [0, 0.1) is 10.1 Å². The molecule has 0 fully saturated rings. The Balaban J connectivity index is 2.68. The molecular formula is C10H14N4O2. The van der Waals surface area contributed by atoms with Gasteiger partial charge in [0.2, 0.25) is 0 Å². The van der Waals surface area contributed by atoms with Crippen LogP contribution in [0.2, 0.25) is 0 Å². The van der Waals surface area contributed by atoms with Crippen molar-refractivity contribution in [3.05, 3.63) is 40.2 Å². The summed E-state index contributed by atoms with van der Waals surface area (Å²) in [6.07, 6.45) is 3.38. The number of likely N-dealkylation sites (N-methyl/N-ethyl adjacent to an activating group) is 1. The lowest BCUT2D eigenvalue weighted by atomic mass is 10.3. The molecule has 1 heterocycles. The summed E-state index contributed by atoms with van der Waals surface area (Å²) >= 11 is 0. The van der Waals surface area contributed by atoms with Gasteiger partial charge in [-0.1, -0.05) is 6.07 Å². The van der Waals surface area contributed by atoms with Crippen LogP contribution in [0.3, 0.4) is 0 Å². The van der Waals surface area contributed by atoms with Crippen LogP contribution in [0.15, 0.2) is 29.5 Å². The molecule has 1 rings (SSSR count). The number of aliphatic imine (C=N–C) groups is 1. The highest BCUT2D eigenvalue weighted by molar-refractivity contribution is 5.82. The van der Waals surface area contributed by atoms with Crippen molar-refractivity contribution in [2.75, 3.05) is 20.6 Å². The van der Waals surface area contributed by atoms with E-state index in [1.54, 1.807) is 31.4 Å². The predicted molar refractivity (Wildman–Crippen MR) is 60.9 cm³/mol. The molecule has 0 atom stereocenters. The zero-order valence-electron chi connectivity index (χ0n) is 9.33. The Morgan fingerprint density at radius 2 is 2.38 bits per heavy atom. The highest BCUT2D eigenvalue weighted by Gasteiger charge is 2.09. The minimum Gasteiger partial charge on any atom is -0.361 e. The summed E-state index contributed by atoms with van der Waals surface area (Å²) in [7, 11) is 3.48. The lowest BCUT2D eigenvalue weighted by Gasteiger charge is -2.11. The van der Waals surface area contributed by atoms with Gasteiger partial charge in [0.05, 0.1) is 6.54 Å². The zero-order chi connectivity index (χ0) is 12.0. The summed E-state index contributed by atoms with van der Waals surface area (Å²) in [4.78, 5) is 19.8. The number of pyridine rings is 1. The molecule has 0 spiro atoms. The van der Waals surface area contributed by atoms with Gasteiger partial charge in [-0.3, -0.25) is 20.1 Å². The van der Waals surface area contributed by atoms with E-state index in [-0.39, 0.29) is 11.5 Å². The Bertz CT molecular complexity index is 376. The molecule has 0 unspecified atom stereocenters. The quantitative estimate of drug-likeness (QED) is 0.327. The lowest BCUT2D eigenvalue weighted by Crippen LogP contribution is -2.29. The molecule has 6 nitrogen and oxygen atoms in total. The summed E-state index contributed by atoms with van der Waals surface area (Å²) in [6.45, 7) is 0.155. The number of rotatable bonds is 4. The van der Waals surface area contributed by atoms with Crippen LogP contribution in [0.1, 0.15) is 5.56 Å². The number of nitro groups is 1. The fourth-order valence-electron chi connectivity index (χ4n) is 1.12. The summed E-state index contributed by atoms with van der Waals surface area (Å²) in [5.74, 6) is 0.453. The van der Waals surface area contributed by atoms with Gasteiger partial charge in [0, 0.05) is 31.4 Å². The van der Waals surface area contributed by atoms with Gasteiger partial charge in [0.15, 0.2) is 5.84 Å². The van der Waals surface area contributed by atoms with Crippen LogP contribution < -0.4 is 0 Å². The Labute approximate surface area is 93.8 Å². The van der Waals surface area contributed by atoms with E-state index in [9.17, 15) is 10.1 Å². The highest BCUT2D eigenvalue weighted by atomic mass is 16.6. The topological polar surface area (TPSA) is 71.6 Å². The summed E-state index contributed by atoms with van der Waals surface area (Å²) < 4.78 is 0. The van der Waals surface area contributed by atoms with E-state index in [0.717, 1.165) is 5.56 Å². The molecule has 0 amide bonds. The predicted octanol–water partition coefficient (Wildman–Crippen LogP) is 0.818. The number of hydrogen-bond acceptors (Lipinski definition) is 4. The average molecular weight is 222 g/mol. The molecule has 16 heavy (non-hydrogen) atoms. The maximum Gasteiger partial charge on any atom is 0.260 e. The highest BCUT2D eigenvalue weighted by Crippen LogP contribution is 1.99. The van der Waals surface area contributed by atoms with Gasteiger partial charge < -0.3 is 4.90 Å². The third kappa shape index (κ3) is 4.04. The minimum atomic E-state index is -0.387. The largest absolute Gasteiger partial charge is 0.361 e. The van der Waals surface area contributed by atoms with Gasteiger partial charge >= 0.3 is 0 Å². The van der Waals surface area contributed by atoms with E-state index in [0.29, 0.717) is 12.4 Å². The zero-order valence-corrected chi connectivity index (χ0v) is 9.33. The Kier molecular flexibility index (Phi) is 4.38. The number of hydrogen-bond donors (Lipinski definition) is 0. The first-order valence-corrected chi connectivity index (χ1v) is 4.81. The van der Waals surface area contributed by atoms with Gasteiger partial charge in [0.25, 0.3) is 6.54 Å². The number of aromatic nitrogens is 1. The van der Waals surface area contributed by atoms with Crippen molar-refractivity contribution < 1.29 is 4.92 Å². The van der Waals surface area contributed by atoms with Gasteiger partial charge in [-0.2, -0.15) is 0 Å². The molecule has 1 aromatic rings. The molecule has 0 aliphatic carbocycles. The summed E-state index contributed by atoms with van der Waals surface area (Å²) in [5, 5.41) is 10.4. The van der Waals surface area contributed by atoms with E-state index in [2.05, 4.69) is 9.98 Å². The van der Waals surface area contributed by atoms with Crippen molar-refractivity contribution in [3.63, 3.8) is 0 Å². The Hall–Kier alpha value is -1.98. The first-order chi connectivity index (χ1) is 7.59. The monoisotopic (exact) mass is 222 g/mol. The Morgan fingerprint density at radius 1 is 1.62 bits per heavy atom. The maximum atomic E-state index is 10.4. The van der Waals surface area contributed by atoms with E-state index >= 15 is 0 Å². The fourth-order valence-corrected chi connectivity index (χ4v) is 1.12. The van der Waals surface area contributed by atoms with Gasteiger partial charge in [-0.15, -0.1) is 0 Å². The molecule has 6 heteroatoms. The second-order valence-corrected chi connectivity index (χ2v) is 3.48. The molecule has 0 bridgehead atoms. The molecule has 0 aromatic carbocycles. The van der Waals surface area contributed by atoms with Crippen molar-refractivity contribution >= 4 is 5.84 Å². The van der Waals surface area contributed by atoms with Crippen LogP contribution in [-0.4, -0.2) is 41.3 Å². The normalized spacial score (nSPS) is 11.2. The summed E-state index contributed by atoms with van der Waals surface area (Å²) in [5.41, 5.74) is 0.935. The lowest BCUT2D eigenvalue weighted by molar-refractivity contribution is -0.464. The third-order valence-electron chi connectivity index (χ3n) is 1.95. The van der Waals surface area contributed by atoms with Crippen molar-refractivity contribution in [2.45, 2.75) is 6.54 Å². The average Bonchev–Trinajstić information content (AvgIpc) is 2.25. The van der Waals surface area contributed by atoms with Gasteiger partial charge in [-0.05, 0) is 11.6 Å². The molecule has 0 aliphatic rings. The Morgan fingerprint density at radius 3 is 2.88 bits per heavy atom. The van der Waals surface area contributed by atoms with Crippen molar-refractivity contribution in [3.8, 4) is 0 Å². The molecule has 0 saturated carbocycles. The molecular weight excluding hydrogens is 208 g/mol. The molecule has 0 aliphatic heterocycles. The first-order valence-electron chi connectivity index (χ1n) is 4.81. The van der Waals surface area contributed by atoms with E-state index in [4.69, 9.17) is 0 Å². The van der Waals surface area contributed by atoms with Crippen molar-refractivity contribution in [2.24, 2.45) is 4.99 Å². The SMILES string of the molecule is CN(C)C(C[N+](=O)[O-])=NCc1cccnc1. The van der Waals surface area contributed by atoms with E-state index in [1.165, 1.54) is 0 Å². The van der Waals surface area contributed by atoms with Gasteiger partial charge in [0.1, 0.15) is 0 Å². The molecule has 0 saturated heterocycles. The second-order valence-electron chi connectivity index (χ2n) is 3.48. The van der Waals surface area contributed by atoms with Crippen molar-refractivity contribution in [1.29, 1.82) is 0 Å². The second kappa shape index (κ2) is 5.79. The standard InChI is InChI=1S/C10H14N4O2/c1-13(2)10(8-14(15)16)12-7-9-4-3-5-11-6-9/h3-6H,7-8H2,1-2H3. The van der Waals surface area contributed by atoms with Crippen LogP contribution in [0.25, 0.3) is 0 Å². The number of amidine groups is 1. The minimum absolute atomic E-state index is 0.257. The maximum absolute atomic E-state index is 10.4. The fraction of sp³-hybridized carbons (Fsp3) is 0.400. The van der Waals surface area contributed by atoms with Crippen molar-refractivity contribution in [1.82, 2.24) is 9.88 Å². The third-order valence-corrected chi connectivity index (χ3v) is 1.95. The molecule has 1 aromatic heterocycles. The smallest absolute Gasteiger partial charge is 0.260 e. The molecule has 0 radical (unpaired) electrons.